The monoisotopic (exact) mass is 430 g/mol. The summed E-state index contributed by atoms with van der Waals surface area (Å²) in [5.74, 6) is 1.79. The first kappa shape index (κ1) is 20.7. The van der Waals surface area contributed by atoms with E-state index in [0.29, 0.717) is 22.2 Å². The van der Waals surface area contributed by atoms with E-state index in [2.05, 4.69) is 20.3 Å². The van der Waals surface area contributed by atoms with Gasteiger partial charge in [0, 0.05) is 24.5 Å². The number of nitrogens with one attached hydrogen (secondary N) is 1. The van der Waals surface area contributed by atoms with Gasteiger partial charge in [0.05, 0.1) is 16.1 Å². The van der Waals surface area contributed by atoms with E-state index < -0.39 is 0 Å². The lowest BCUT2D eigenvalue weighted by molar-refractivity contribution is 0.103. The Balaban J connectivity index is 1.57. The van der Waals surface area contributed by atoms with Crippen molar-refractivity contribution >= 4 is 22.9 Å². The van der Waals surface area contributed by atoms with Crippen LogP contribution in [0.5, 0.6) is 11.6 Å². The fourth-order valence-electron chi connectivity index (χ4n) is 3.13. The first-order chi connectivity index (χ1) is 15.0. The summed E-state index contributed by atoms with van der Waals surface area (Å²) in [7, 11) is 0. The standard InChI is InChI=1S/C24H22N4O2S/c1-4-21-25-12-9-19(28-21)18-6-5-11-26-24(18)30-20-8-7-17(14-16(20)3)27-23(29)22-15(2)10-13-31-22/h5-14H,4H2,1-3H3,(H,27,29). The number of anilines is 1. The molecule has 0 atom stereocenters. The molecule has 31 heavy (non-hydrogen) atoms. The number of pyridine rings is 1. The quantitative estimate of drug-likeness (QED) is 0.417. The van der Waals surface area contributed by atoms with Crippen LogP contribution >= 0.6 is 11.3 Å². The second-order valence-corrected chi connectivity index (χ2v) is 7.95. The molecule has 1 N–H and O–H groups in total. The van der Waals surface area contributed by atoms with Crippen LogP contribution in [0.3, 0.4) is 0 Å². The lowest BCUT2D eigenvalue weighted by atomic mass is 10.1. The first-order valence-electron chi connectivity index (χ1n) is 9.96. The number of rotatable bonds is 6. The van der Waals surface area contributed by atoms with Gasteiger partial charge in [0.1, 0.15) is 11.6 Å². The molecule has 0 unspecified atom stereocenters. The molecule has 0 aliphatic heterocycles. The van der Waals surface area contributed by atoms with Crippen molar-refractivity contribution < 1.29 is 9.53 Å². The maximum absolute atomic E-state index is 12.5. The van der Waals surface area contributed by atoms with Crippen LogP contribution in [0.25, 0.3) is 11.3 Å². The van der Waals surface area contributed by atoms with Gasteiger partial charge >= 0.3 is 0 Å². The number of carbonyl (C=O) groups is 1. The molecule has 0 aliphatic carbocycles. The zero-order chi connectivity index (χ0) is 21.8. The normalized spacial score (nSPS) is 10.7. The van der Waals surface area contributed by atoms with Crippen LogP contribution in [0.1, 0.15) is 33.5 Å². The second kappa shape index (κ2) is 9.06. The third-order valence-electron chi connectivity index (χ3n) is 4.78. The van der Waals surface area contributed by atoms with Crippen molar-refractivity contribution in [1.82, 2.24) is 15.0 Å². The predicted octanol–water partition coefficient (Wildman–Crippen LogP) is 5.82. The summed E-state index contributed by atoms with van der Waals surface area (Å²) in [6.45, 7) is 5.88. The van der Waals surface area contributed by atoms with E-state index in [-0.39, 0.29) is 5.91 Å². The van der Waals surface area contributed by atoms with E-state index in [1.807, 2.05) is 68.6 Å². The van der Waals surface area contributed by atoms with Crippen LogP contribution in [0, 0.1) is 13.8 Å². The molecule has 156 valence electrons. The summed E-state index contributed by atoms with van der Waals surface area (Å²) in [5.41, 5.74) is 4.13. The Hall–Kier alpha value is -3.58. The van der Waals surface area contributed by atoms with Crippen LogP contribution in [-0.2, 0) is 6.42 Å². The number of benzene rings is 1. The molecule has 7 heteroatoms. The molecule has 4 aromatic rings. The van der Waals surface area contributed by atoms with Crippen LogP contribution in [0.2, 0.25) is 0 Å². The Labute approximate surface area is 185 Å². The van der Waals surface area contributed by atoms with E-state index in [9.17, 15) is 4.79 Å². The molecular formula is C24H22N4O2S. The Morgan fingerprint density at radius 2 is 1.94 bits per heavy atom. The molecular weight excluding hydrogens is 408 g/mol. The van der Waals surface area contributed by atoms with E-state index >= 15 is 0 Å². The van der Waals surface area contributed by atoms with Gasteiger partial charge < -0.3 is 10.1 Å². The van der Waals surface area contributed by atoms with Gasteiger partial charge in [-0.3, -0.25) is 4.79 Å². The minimum atomic E-state index is -0.108. The van der Waals surface area contributed by atoms with Crippen molar-refractivity contribution in [3.63, 3.8) is 0 Å². The number of hydrogen-bond donors (Lipinski definition) is 1. The molecule has 4 rings (SSSR count). The third-order valence-corrected chi connectivity index (χ3v) is 5.79. The zero-order valence-electron chi connectivity index (χ0n) is 17.5. The molecule has 0 spiro atoms. The van der Waals surface area contributed by atoms with Gasteiger partial charge in [-0.2, -0.15) is 0 Å². The second-order valence-electron chi connectivity index (χ2n) is 7.04. The summed E-state index contributed by atoms with van der Waals surface area (Å²) in [6.07, 6.45) is 4.19. The van der Waals surface area contributed by atoms with Gasteiger partial charge in [-0.25, -0.2) is 15.0 Å². The number of thiophene rings is 1. The molecule has 0 bridgehead atoms. The Kier molecular flexibility index (Phi) is 6.04. The lowest BCUT2D eigenvalue weighted by Crippen LogP contribution is -2.11. The van der Waals surface area contributed by atoms with Crippen LogP contribution in [0.4, 0.5) is 5.69 Å². The largest absolute Gasteiger partial charge is 0.438 e. The fraction of sp³-hybridized carbons (Fsp3) is 0.167. The third kappa shape index (κ3) is 4.62. The Bertz CT molecular complexity index is 1240. The Morgan fingerprint density at radius 3 is 2.68 bits per heavy atom. The number of aryl methyl sites for hydroxylation is 3. The van der Waals surface area contributed by atoms with Gasteiger partial charge in [0.25, 0.3) is 5.91 Å². The van der Waals surface area contributed by atoms with Crippen molar-refractivity contribution in [2.24, 2.45) is 0 Å². The minimum absolute atomic E-state index is 0.108. The molecule has 1 amide bonds. The number of aromatic nitrogens is 3. The molecule has 0 saturated carbocycles. The fourth-order valence-corrected chi connectivity index (χ4v) is 3.95. The minimum Gasteiger partial charge on any atom is -0.438 e. The highest BCUT2D eigenvalue weighted by Crippen LogP contribution is 2.32. The van der Waals surface area contributed by atoms with Gasteiger partial charge in [-0.1, -0.05) is 6.92 Å². The Morgan fingerprint density at radius 1 is 1.06 bits per heavy atom. The smallest absolute Gasteiger partial charge is 0.265 e. The summed E-state index contributed by atoms with van der Waals surface area (Å²) in [6, 6.07) is 13.1. The average molecular weight is 431 g/mol. The summed E-state index contributed by atoms with van der Waals surface area (Å²) in [4.78, 5) is 26.5. The van der Waals surface area contributed by atoms with Crippen LogP contribution < -0.4 is 10.1 Å². The maximum atomic E-state index is 12.5. The zero-order valence-corrected chi connectivity index (χ0v) is 18.4. The van der Waals surface area contributed by atoms with Crippen molar-refractivity contribution in [1.29, 1.82) is 0 Å². The molecule has 6 nitrogen and oxygen atoms in total. The first-order valence-corrected chi connectivity index (χ1v) is 10.8. The van der Waals surface area contributed by atoms with Gasteiger partial charge in [0.2, 0.25) is 5.88 Å². The molecule has 0 fully saturated rings. The summed E-state index contributed by atoms with van der Waals surface area (Å²) in [5, 5.41) is 4.86. The van der Waals surface area contributed by atoms with Crippen molar-refractivity contribution in [3.05, 3.63) is 82.1 Å². The summed E-state index contributed by atoms with van der Waals surface area (Å²) < 4.78 is 6.14. The SMILES string of the molecule is CCc1nccc(-c2cccnc2Oc2ccc(NC(=O)c3sccc3C)cc2C)n1. The van der Waals surface area contributed by atoms with E-state index in [0.717, 1.165) is 34.6 Å². The van der Waals surface area contributed by atoms with Gasteiger partial charge in [-0.05, 0) is 72.8 Å². The number of amides is 1. The molecule has 0 saturated heterocycles. The summed E-state index contributed by atoms with van der Waals surface area (Å²) >= 11 is 1.43. The van der Waals surface area contributed by atoms with Gasteiger partial charge in [-0.15, -0.1) is 11.3 Å². The highest BCUT2D eigenvalue weighted by Gasteiger charge is 2.14. The number of ether oxygens (including phenoxy) is 1. The number of carbonyl (C=O) groups excluding carboxylic acids is 1. The average Bonchev–Trinajstić information content (AvgIpc) is 3.22. The predicted molar refractivity (Wildman–Crippen MR) is 123 cm³/mol. The van der Waals surface area contributed by atoms with Gasteiger partial charge in [0.15, 0.2) is 0 Å². The maximum Gasteiger partial charge on any atom is 0.265 e. The van der Waals surface area contributed by atoms with Crippen LogP contribution in [-0.4, -0.2) is 20.9 Å². The van der Waals surface area contributed by atoms with Crippen molar-refractivity contribution in [2.45, 2.75) is 27.2 Å². The lowest BCUT2D eigenvalue weighted by Gasteiger charge is -2.13. The van der Waals surface area contributed by atoms with Crippen LogP contribution in [0.15, 0.2) is 60.2 Å². The molecule has 3 aromatic heterocycles. The van der Waals surface area contributed by atoms with E-state index in [1.165, 1.54) is 11.3 Å². The van der Waals surface area contributed by atoms with Crippen molar-refractivity contribution in [2.75, 3.05) is 5.32 Å². The molecule has 3 heterocycles. The number of hydrogen-bond acceptors (Lipinski definition) is 6. The van der Waals surface area contributed by atoms with E-state index in [1.54, 1.807) is 12.4 Å². The van der Waals surface area contributed by atoms with E-state index in [4.69, 9.17) is 4.74 Å². The molecule has 0 aliphatic rings. The van der Waals surface area contributed by atoms with Crippen molar-refractivity contribution in [3.8, 4) is 22.9 Å². The number of nitrogens with zero attached hydrogens (tertiary/aromatic N) is 3. The highest BCUT2D eigenvalue weighted by atomic mass is 32.1. The molecule has 0 radical (unpaired) electrons. The topological polar surface area (TPSA) is 77.0 Å². The molecule has 1 aromatic carbocycles. The highest BCUT2D eigenvalue weighted by molar-refractivity contribution is 7.12.